The quantitative estimate of drug-likeness (QED) is 0.404. The average molecular weight is 366 g/mol. The van der Waals surface area contributed by atoms with E-state index >= 15 is 0 Å². The monoisotopic (exact) mass is 366 g/mol. The van der Waals surface area contributed by atoms with E-state index in [1.165, 1.54) is 16.4 Å². The molecule has 0 fully saturated rings. The van der Waals surface area contributed by atoms with E-state index in [2.05, 4.69) is 17.5 Å². The first-order valence-electron chi connectivity index (χ1n) is 8.33. The Hall–Kier alpha value is -2.22. The fourth-order valence-corrected chi connectivity index (χ4v) is 3.04. The van der Waals surface area contributed by atoms with Crippen LogP contribution < -0.4 is 20.4 Å². The van der Waals surface area contributed by atoms with Gasteiger partial charge in [-0.1, -0.05) is 25.0 Å². The SMILES string of the molecule is CCCCOc1ccc(NC(=O)C(CC)Sc2c(=O)o[nH][n+]2C)cc1. The van der Waals surface area contributed by atoms with Gasteiger partial charge in [0, 0.05) is 5.69 Å². The molecule has 0 bridgehead atoms. The summed E-state index contributed by atoms with van der Waals surface area (Å²) in [6, 6.07) is 7.28. The van der Waals surface area contributed by atoms with Gasteiger partial charge in [0.2, 0.25) is 5.91 Å². The smallest absolute Gasteiger partial charge is 0.441 e. The van der Waals surface area contributed by atoms with Crippen molar-refractivity contribution in [1.82, 2.24) is 5.27 Å². The van der Waals surface area contributed by atoms with Gasteiger partial charge in [-0.2, -0.15) is 0 Å². The number of unbranched alkanes of at least 4 members (excludes halogenated alkanes) is 1. The van der Waals surface area contributed by atoms with E-state index in [0.717, 1.165) is 18.6 Å². The van der Waals surface area contributed by atoms with Gasteiger partial charge >= 0.3 is 10.7 Å². The number of nitrogens with one attached hydrogen (secondary N) is 2. The molecule has 0 spiro atoms. The lowest BCUT2D eigenvalue weighted by atomic mass is 10.2. The lowest BCUT2D eigenvalue weighted by Crippen LogP contribution is -2.35. The third-order valence-corrected chi connectivity index (χ3v) is 5.06. The van der Waals surface area contributed by atoms with E-state index in [4.69, 9.17) is 9.26 Å². The number of thioether (sulfide) groups is 1. The Morgan fingerprint density at radius 2 is 2.08 bits per heavy atom. The highest BCUT2D eigenvalue weighted by Gasteiger charge is 2.27. The molecule has 0 aliphatic heterocycles. The summed E-state index contributed by atoms with van der Waals surface area (Å²) in [6.07, 6.45) is 2.68. The molecule has 0 radical (unpaired) electrons. The number of ether oxygens (including phenoxy) is 1. The summed E-state index contributed by atoms with van der Waals surface area (Å²) in [5.41, 5.74) is 0.213. The minimum atomic E-state index is -0.479. The molecule has 0 aliphatic rings. The molecule has 136 valence electrons. The summed E-state index contributed by atoms with van der Waals surface area (Å²) in [6.45, 7) is 4.70. The molecule has 1 unspecified atom stereocenters. The van der Waals surface area contributed by atoms with Crippen molar-refractivity contribution in [2.75, 3.05) is 11.9 Å². The van der Waals surface area contributed by atoms with Crippen LogP contribution in [0.4, 0.5) is 5.69 Å². The van der Waals surface area contributed by atoms with Crippen molar-refractivity contribution >= 4 is 23.4 Å². The van der Waals surface area contributed by atoms with Gasteiger partial charge in [-0.25, -0.2) is 4.79 Å². The summed E-state index contributed by atoms with van der Waals surface area (Å²) >= 11 is 1.18. The first-order valence-corrected chi connectivity index (χ1v) is 9.21. The molecule has 1 aromatic heterocycles. The Morgan fingerprint density at radius 3 is 2.64 bits per heavy atom. The molecular formula is C17H24N3O4S+. The number of H-pyrrole nitrogens is 1. The number of hydrogen-bond donors (Lipinski definition) is 2. The number of carbonyl (C=O) groups excluding carboxylic acids is 1. The third kappa shape index (κ3) is 5.38. The third-order valence-electron chi connectivity index (χ3n) is 3.56. The molecule has 2 N–H and O–H groups in total. The zero-order valence-corrected chi connectivity index (χ0v) is 15.5. The van der Waals surface area contributed by atoms with Crippen LogP contribution in [0.3, 0.4) is 0 Å². The molecule has 1 amide bonds. The van der Waals surface area contributed by atoms with E-state index < -0.39 is 10.9 Å². The lowest BCUT2D eigenvalue weighted by Gasteiger charge is -2.12. The van der Waals surface area contributed by atoms with Crippen LogP contribution in [0.1, 0.15) is 33.1 Å². The van der Waals surface area contributed by atoms with Gasteiger partial charge in [0.05, 0.1) is 11.9 Å². The number of hydrogen-bond acceptors (Lipinski definition) is 5. The van der Waals surface area contributed by atoms with Crippen molar-refractivity contribution in [3.8, 4) is 5.75 Å². The van der Waals surface area contributed by atoms with Gasteiger partial charge in [0.1, 0.15) is 5.75 Å². The molecule has 7 nitrogen and oxygen atoms in total. The maximum atomic E-state index is 12.5. The Labute approximate surface area is 150 Å². The predicted molar refractivity (Wildman–Crippen MR) is 95.9 cm³/mol. The molecule has 0 aliphatic carbocycles. The van der Waals surface area contributed by atoms with Crippen LogP contribution in [0.5, 0.6) is 5.75 Å². The first-order chi connectivity index (χ1) is 12.0. The van der Waals surface area contributed by atoms with Crippen molar-refractivity contribution < 1.29 is 18.7 Å². The van der Waals surface area contributed by atoms with Crippen molar-refractivity contribution in [3.63, 3.8) is 0 Å². The summed E-state index contributed by atoms with van der Waals surface area (Å²) in [5, 5.41) is 5.28. The minimum absolute atomic E-state index is 0.159. The molecule has 1 atom stereocenters. The van der Waals surface area contributed by atoms with Gasteiger partial charge in [-0.3, -0.25) is 9.32 Å². The van der Waals surface area contributed by atoms with Gasteiger partial charge in [-0.05, 0) is 54.1 Å². The van der Waals surface area contributed by atoms with Crippen LogP contribution in [0.2, 0.25) is 0 Å². The Bertz CT molecular complexity index is 739. The number of aromatic amines is 1. The second-order valence-corrected chi connectivity index (χ2v) is 6.77. The molecule has 0 saturated heterocycles. The predicted octanol–water partition coefficient (Wildman–Crippen LogP) is 2.48. The van der Waals surface area contributed by atoms with Gasteiger partial charge in [0.15, 0.2) is 7.05 Å². The largest absolute Gasteiger partial charge is 0.494 e. The van der Waals surface area contributed by atoms with Crippen LogP contribution in [-0.4, -0.2) is 23.0 Å². The van der Waals surface area contributed by atoms with Crippen molar-refractivity contribution in [1.29, 1.82) is 0 Å². The summed E-state index contributed by atoms with van der Waals surface area (Å²) in [7, 11) is 1.66. The molecule has 1 heterocycles. The fraction of sp³-hybridized carbons (Fsp3) is 0.471. The Balaban J connectivity index is 1.96. The maximum Gasteiger partial charge on any atom is 0.441 e. The fourth-order valence-electron chi connectivity index (χ4n) is 2.11. The second-order valence-electron chi connectivity index (χ2n) is 5.58. The van der Waals surface area contributed by atoms with Gasteiger partial charge in [0.25, 0.3) is 0 Å². The topological polar surface area (TPSA) is 88.2 Å². The zero-order valence-electron chi connectivity index (χ0n) is 14.7. The number of rotatable bonds is 9. The Morgan fingerprint density at radius 1 is 1.36 bits per heavy atom. The van der Waals surface area contributed by atoms with Crippen molar-refractivity contribution in [2.45, 2.75) is 43.4 Å². The second kappa shape index (κ2) is 9.31. The zero-order chi connectivity index (χ0) is 18.2. The highest BCUT2D eigenvalue weighted by Crippen LogP contribution is 2.22. The number of carbonyl (C=O) groups is 1. The van der Waals surface area contributed by atoms with E-state index in [1.807, 2.05) is 19.1 Å². The van der Waals surface area contributed by atoms with Crippen molar-refractivity contribution in [3.05, 3.63) is 34.7 Å². The lowest BCUT2D eigenvalue weighted by molar-refractivity contribution is -0.772. The number of aromatic nitrogens is 2. The molecule has 2 rings (SSSR count). The van der Waals surface area contributed by atoms with E-state index in [-0.39, 0.29) is 5.91 Å². The molecule has 25 heavy (non-hydrogen) atoms. The molecule has 1 aromatic carbocycles. The van der Waals surface area contributed by atoms with Crippen LogP contribution >= 0.6 is 11.8 Å². The Kier molecular flexibility index (Phi) is 7.12. The van der Waals surface area contributed by atoms with Crippen LogP contribution in [0.25, 0.3) is 0 Å². The highest BCUT2D eigenvalue weighted by atomic mass is 32.2. The van der Waals surface area contributed by atoms with Crippen LogP contribution in [0, 0.1) is 0 Å². The number of benzene rings is 1. The standard InChI is InChI=1S/C17H23N3O4S/c1-4-6-11-23-13-9-7-12(8-10-13)18-15(21)14(5-2)25-16-17(22)24-19-20(16)3/h7-10,14H,4-6,11H2,1-3H3,(H-,18,19,21,22)/p+1. The summed E-state index contributed by atoms with van der Waals surface area (Å²) in [5.74, 6) is 0.623. The maximum absolute atomic E-state index is 12.5. The number of anilines is 1. The molecule has 0 saturated carbocycles. The van der Waals surface area contributed by atoms with E-state index in [9.17, 15) is 9.59 Å². The van der Waals surface area contributed by atoms with Crippen LogP contribution in [-0.2, 0) is 11.8 Å². The van der Waals surface area contributed by atoms with Crippen LogP contribution in [0.15, 0.2) is 38.6 Å². The first kappa shape index (κ1) is 19.1. The van der Waals surface area contributed by atoms with E-state index in [0.29, 0.717) is 23.7 Å². The van der Waals surface area contributed by atoms with E-state index in [1.54, 1.807) is 19.2 Å². The molecule has 2 aromatic rings. The molecular weight excluding hydrogens is 342 g/mol. The number of nitrogens with zero attached hydrogens (tertiary/aromatic N) is 1. The summed E-state index contributed by atoms with van der Waals surface area (Å²) in [4.78, 5) is 24.1. The number of aryl methyl sites for hydroxylation is 1. The average Bonchev–Trinajstić information content (AvgIpc) is 2.92. The number of amides is 1. The minimum Gasteiger partial charge on any atom is -0.494 e. The van der Waals surface area contributed by atoms with Crippen molar-refractivity contribution in [2.24, 2.45) is 7.05 Å². The highest BCUT2D eigenvalue weighted by molar-refractivity contribution is 8.00. The normalized spacial score (nSPS) is 12.0. The van der Waals surface area contributed by atoms with Gasteiger partial charge < -0.3 is 10.1 Å². The van der Waals surface area contributed by atoms with Gasteiger partial charge in [-0.15, -0.1) is 0 Å². The summed E-state index contributed by atoms with van der Waals surface area (Å²) < 4.78 is 11.8. The molecule has 8 heteroatoms.